The maximum Gasteiger partial charge on any atom is 0.258 e. The molecule has 29 heavy (non-hydrogen) atoms. The Morgan fingerprint density at radius 3 is 2.72 bits per heavy atom. The van der Waals surface area contributed by atoms with Crippen LogP contribution in [0.1, 0.15) is 23.5 Å². The third-order valence-electron chi connectivity index (χ3n) is 5.32. The van der Waals surface area contributed by atoms with Gasteiger partial charge in [-0.1, -0.05) is 18.2 Å². The summed E-state index contributed by atoms with van der Waals surface area (Å²) in [6, 6.07) is 12.9. The Bertz CT molecular complexity index is 1340. The molecule has 0 saturated heterocycles. The van der Waals surface area contributed by atoms with Gasteiger partial charge in [0.25, 0.3) is 5.56 Å². The Balaban J connectivity index is 1.82. The molecule has 4 aromatic rings. The van der Waals surface area contributed by atoms with Crippen molar-refractivity contribution in [3.05, 3.63) is 63.9 Å². The number of aromatic amines is 1. The number of imidazole rings is 1. The van der Waals surface area contributed by atoms with Crippen molar-refractivity contribution >= 4 is 28.5 Å². The molecule has 1 aliphatic rings. The van der Waals surface area contributed by atoms with Gasteiger partial charge < -0.3 is 14.8 Å². The van der Waals surface area contributed by atoms with Gasteiger partial charge in [0.1, 0.15) is 17.3 Å². The zero-order valence-corrected chi connectivity index (χ0v) is 15.9. The molecule has 0 unspecified atom stereocenters. The topological polar surface area (TPSA) is 97.7 Å². The third-order valence-corrected chi connectivity index (χ3v) is 5.32. The fourth-order valence-electron chi connectivity index (χ4n) is 4.02. The summed E-state index contributed by atoms with van der Waals surface area (Å²) in [5.74, 6) is 1.38. The summed E-state index contributed by atoms with van der Waals surface area (Å²) < 4.78 is 12.6. The Hall–Kier alpha value is -3.81. The second-order valence-corrected chi connectivity index (χ2v) is 6.89. The summed E-state index contributed by atoms with van der Waals surface area (Å²) in [5, 5.41) is 2.88. The van der Waals surface area contributed by atoms with Crippen molar-refractivity contribution < 1.29 is 14.3 Å². The van der Waals surface area contributed by atoms with Crippen LogP contribution in [-0.4, -0.2) is 34.5 Å². The summed E-state index contributed by atoms with van der Waals surface area (Å²) in [4.78, 5) is 33.0. The van der Waals surface area contributed by atoms with E-state index in [4.69, 9.17) is 9.47 Å². The van der Waals surface area contributed by atoms with Crippen LogP contribution in [0.25, 0.3) is 16.8 Å². The number of nitrogens with zero attached hydrogens (tertiary/aromatic N) is 2. The maximum absolute atomic E-state index is 13.0. The predicted octanol–water partition coefficient (Wildman–Crippen LogP) is 2.67. The third kappa shape index (κ3) is 2.56. The normalized spacial score (nSPS) is 15.9. The number of hydrogen-bond donors (Lipinski definition) is 2. The molecule has 1 amide bonds. The fraction of sp³-hybridized carbons (Fsp3) is 0.190. The van der Waals surface area contributed by atoms with Crippen LogP contribution in [-0.2, 0) is 4.79 Å². The van der Waals surface area contributed by atoms with E-state index in [1.807, 2.05) is 30.3 Å². The minimum atomic E-state index is -0.464. The number of amides is 1. The Kier molecular flexibility index (Phi) is 3.80. The molecule has 146 valence electrons. The highest BCUT2D eigenvalue weighted by Gasteiger charge is 2.33. The molecule has 1 aliphatic heterocycles. The monoisotopic (exact) mass is 390 g/mol. The molecule has 8 heteroatoms. The average Bonchev–Trinajstić information content (AvgIpc) is 3.10. The Morgan fingerprint density at radius 2 is 1.93 bits per heavy atom. The number of hydrogen-bond acceptors (Lipinski definition) is 5. The van der Waals surface area contributed by atoms with Crippen molar-refractivity contribution in [1.29, 1.82) is 0 Å². The zero-order valence-electron chi connectivity index (χ0n) is 15.9. The number of carbonyl (C=O) groups excluding carboxylic acids is 1. The van der Waals surface area contributed by atoms with Gasteiger partial charge in [-0.25, -0.2) is 4.98 Å². The highest BCUT2D eigenvalue weighted by molar-refractivity contribution is 5.96. The number of ether oxygens (including phenoxy) is 2. The number of nitrogens with one attached hydrogen (secondary N) is 2. The van der Waals surface area contributed by atoms with E-state index < -0.39 is 5.92 Å². The Labute approximate surface area is 165 Å². The first-order chi connectivity index (χ1) is 14.1. The molecule has 0 aliphatic carbocycles. The first-order valence-electron chi connectivity index (χ1n) is 9.16. The van der Waals surface area contributed by atoms with Gasteiger partial charge in [-0.15, -0.1) is 0 Å². The summed E-state index contributed by atoms with van der Waals surface area (Å²) in [5.41, 5.74) is 2.47. The quantitative estimate of drug-likeness (QED) is 0.561. The second-order valence-electron chi connectivity index (χ2n) is 6.89. The van der Waals surface area contributed by atoms with E-state index in [9.17, 15) is 9.59 Å². The number of fused-ring (bicyclic) bond motifs is 5. The van der Waals surface area contributed by atoms with E-state index in [-0.39, 0.29) is 17.9 Å². The van der Waals surface area contributed by atoms with Crippen molar-refractivity contribution in [1.82, 2.24) is 14.4 Å². The summed E-state index contributed by atoms with van der Waals surface area (Å²) in [7, 11) is 3.13. The van der Waals surface area contributed by atoms with Crippen LogP contribution in [0.4, 0.5) is 5.82 Å². The first-order valence-corrected chi connectivity index (χ1v) is 9.16. The average molecular weight is 390 g/mol. The zero-order chi connectivity index (χ0) is 20.1. The standard InChI is InChI=1S/C21H18N4O4/c1-28-11-7-8-12(16(9-11)29-2)13-10-17(26)23-19-18(13)20(27)24-21-22-14-5-3-4-6-15(14)25(19)21/h3-9,13H,10H2,1-2H3,(H,23,26)(H,22,24,27)/t13-/m1/s1. The van der Waals surface area contributed by atoms with Crippen LogP contribution in [0.5, 0.6) is 11.5 Å². The molecular formula is C21H18N4O4. The van der Waals surface area contributed by atoms with Crippen molar-refractivity contribution in [2.45, 2.75) is 12.3 Å². The van der Waals surface area contributed by atoms with Gasteiger partial charge in [-0.2, -0.15) is 0 Å². The van der Waals surface area contributed by atoms with Gasteiger partial charge >= 0.3 is 0 Å². The van der Waals surface area contributed by atoms with Gasteiger partial charge in [-0.3, -0.25) is 19.0 Å². The number of carbonyl (C=O) groups is 1. The van der Waals surface area contributed by atoms with Gasteiger partial charge in [0.15, 0.2) is 0 Å². The van der Waals surface area contributed by atoms with E-state index in [1.165, 1.54) is 0 Å². The van der Waals surface area contributed by atoms with Crippen molar-refractivity contribution in [2.75, 3.05) is 19.5 Å². The van der Waals surface area contributed by atoms with Gasteiger partial charge in [0.2, 0.25) is 11.7 Å². The van der Waals surface area contributed by atoms with Crippen LogP contribution in [0, 0.1) is 0 Å². The predicted molar refractivity (Wildman–Crippen MR) is 108 cm³/mol. The SMILES string of the molecule is COc1ccc([C@H]2CC(=O)Nc3c2c(=O)[nH]c2nc4ccccc4n32)c(OC)c1. The summed E-state index contributed by atoms with van der Waals surface area (Å²) >= 11 is 0. The van der Waals surface area contributed by atoms with Crippen molar-refractivity contribution in [2.24, 2.45) is 0 Å². The van der Waals surface area contributed by atoms with Gasteiger partial charge in [-0.05, 0) is 18.2 Å². The molecule has 0 fully saturated rings. The molecule has 0 radical (unpaired) electrons. The lowest BCUT2D eigenvalue weighted by Crippen LogP contribution is -2.32. The molecular weight excluding hydrogens is 372 g/mol. The molecule has 2 N–H and O–H groups in total. The maximum atomic E-state index is 13.0. The van der Waals surface area contributed by atoms with E-state index >= 15 is 0 Å². The minimum Gasteiger partial charge on any atom is -0.497 e. The number of anilines is 1. The summed E-state index contributed by atoms with van der Waals surface area (Å²) in [6.07, 6.45) is 0.136. The molecule has 8 nitrogen and oxygen atoms in total. The smallest absolute Gasteiger partial charge is 0.258 e. The number of H-pyrrole nitrogens is 1. The highest BCUT2D eigenvalue weighted by Crippen LogP contribution is 2.40. The first kappa shape index (κ1) is 17.3. The lowest BCUT2D eigenvalue weighted by molar-refractivity contribution is -0.116. The molecule has 2 aromatic heterocycles. The molecule has 1 atom stereocenters. The van der Waals surface area contributed by atoms with Crippen LogP contribution < -0.4 is 20.3 Å². The number of benzene rings is 2. The fourth-order valence-corrected chi connectivity index (χ4v) is 4.02. The lowest BCUT2D eigenvalue weighted by Gasteiger charge is -2.27. The number of methoxy groups -OCH3 is 2. The van der Waals surface area contributed by atoms with E-state index in [2.05, 4.69) is 15.3 Å². The van der Waals surface area contributed by atoms with Crippen LogP contribution in [0.3, 0.4) is 0 Å². The molecule has 5 rings (SSSR count). The molecule has 0 saturated carbocycles. The second kappa shape index (κ2) is 6.37. The molecule has 0 spiro atoms. The van der Waals surface area contributed by atoms with Gasteiger partial charge in [0, 0.05) is 24.0 Å². The van der Waals surface area contributed by atoms with E-state index in [1.54, 1.807) is 30.8 Å². The molecule has 2 aromatic carbocycles. The highest BCUT2D eigenvalue weighted by atomic mass is 16.5. The summed E-state index contributed by atoms with van der Waals surface area (Å²) in [6.45, 7) is 0. The largest absolute Gasteiger partial charge is 0.497 e. The lowest BCUT2D eigenvalue weighted by atomic mass is 9.86. The molecule has 3 heterocycles. The van der Waals surface area contributed by atoms with E-state index in [0.29, 0.717) is 28.7 Å². The van der Waals surface area contributed by atoms with Crippen LogP contribution in [0.15, 0.2) is 47.3 Å². The van der Waals surface area contributed by atoms with Crippen LogP contribution >= 0.6 is 0 Å². The molecule has 0 bridgehead atoms. The number of aromatic nitrogens is 3. The van der Waals surface area contributed by atoms with E-state index in [0.717, 1.165) is 16.6 Å². The number of rotatable bonds is 3. The minimum absolute atomic E-state index is 0.136. The van der Waals surface area contributed by atoms with Crippen molar-refractivity contribution in [3.8, 4) is 11.5 Å². The van der Waals surface area contributed by atoms with Crippen molar-refractivity contribution in [3.63, 3.8) is 0 Å². The van der Waals surface area contributed by atoms with Gasteiger partial charge in [0.05, 0.1) is 30.8 Å². The number of para-hydroxylation sites is 2. The Morgan fingerprint density at radius 1 is 1.10 bits per heavy atom. The van der Waals surface area contributed by atoms with Crippen LogP contribution in [0.2, 0.25) is 0 Å².